The number of hydrogen-bond donors (Lipinski definition) is 0. The number of pyridine rings is 1. The minimum absolute atomic E-state index is 0.251. The SMILES string of the molecule is CC1CN(CC2CC(=O)N(C)C2)CCN1c1cccc(F)n1. The lowest BCUT2D eigenvalue weighted by Crippen LogP contribution is -2.53. The maximum atomic E-state index is 13.3. The Kier molecular flexibility index (Phi) is 4.29. The van der Waals surface area contributed by atoms with Crippen molar-refractivity contribution in [3.8, 4) is 0 Å². The number of carbonyl (C=O) groups is 1. The van der Waals surface area contributed by atoms with Gasteiger partial charge in [-0.05, 0) is 25.0 Å². The molecule has 2 atom stereocenters. The van der Waals surface area contributed by atoms with Gasteiger partial charge in [-0.15, -0.1) is 0 Å². The van der Waals surface area contributed by atoms with Gasteiger partial charge in [-0.3, -0.25) is 9.69 Å². The summed E-state index contributed by atoms with van der Waals surface area (Å²) in [7, 11) is 1.87. The number of halogens is 1. The molecule has 22 heavy (non-hydrogen) atoms. The Labute approximate surface area is 130 Å². The molecule has 5 nitrogen and oxygen atoms in total. The van der Waals surface area contributed by atoms with Crippen molar-refractivity contribution in [1.29, 1.82) is 0 Å². The number of carbonyl (C=O) groups excluding carboxylic acids is 1. The highest BCUT2D eigenvalue weighted by molar-refractivity contribution is 5.78. The number of aromatic nitrogens is 1. The average molecular weight is 306 g/mol. The minimum atomic E-state index is -0.431. The van der Waals surface area contributed by atoms with Gasteiger partial charge < -0.3 is 9.80 Å². The Morgan fingerprint density at radius 1 is 1.32 bits per heavy atom. The van der Waals surface area contributed by atoms with Gasteiger partial charge in [0.1, 0.15) is 5.82 Å². The van der Waals surface area contributed by atoms with Crippen molar-refractivity contribution >= 4 is 11.7 Å². The second-order valence-corrected chi connectivity index (χ2v) is 6.46. The quantitative estimate of drug-likeness (QED) is 0.787. The van der Waals surface area contributed by atoms with Crippen molar-refractivity contribution in [3.63, 3.8) is 0 Å². The van der Waals surface area contributed by atoms with Crippen LogP contribution < -0.4 is 4.90 Å². The van der Waals surface area contributed by atoms with E-state index in [1.807, 2.05) is 18.0 Å². The van der Waals surface area contributed by atoms with Gasteiger partial charge in [0.15, 0.2) is 0 Å². The molecule has 0 aliphatic carbocycles. The molecule has 1 amide bonds. The van der Waals surface area contributed by atoms with E-state index < -0.39 is 5.95 Å². The number of hydrogen-bond acceptors (Lipinski definition) is 4. The van der Waals surface area contributed by atoms with E-state index >= 15 is 0 Å². The van der Waals surface area contributed by atoms with Gasteiger partial charge in [0.05, 0.1) is 0 Å². The molecule has 3 rings (SSSR count). The van der Waals surface area contributed by atoms with Crippen LogP contribution in [-0.4, -0.2) is 66.5 Å². The number of piperazine rings is 1. The molecule has 2 aliphatic heterocycles. The summed E-state index contributed by atoms with van der Waals surface area (Å²) < 4.78 is 13.3. The zero-order chi connectivity index (χ0) is 15.7. The monoisotopic (exact) mass is 306 g/mol. The van der Waals surface area contributed by atoms with E-state index in [-0.39, 0.29) is 11.9 Å². The van der Waals surface area contributed by atoms with Crippen molar-refractivity contribution < 1.29 is 9.18 Å². The summed E-state index contributed by atoms with van der Waals surface area (Å²) in [6.07, 6.45) is 0.663. The standard InChI is InChI=1S/C16H23FN4O/c1-12-9-20(11-13-8-16(22)19(2)10-13)6-7-21(12)15-5-3-4-14(17)18-15/h3-5,12-13H,6-11H2,1-2H3. The van der Waals surface area contributed by atoms with Crippen molar-refractivity contribution in [2.24, 2.45) is 5.92 Å². The summed E-state index contributed by atoms with van der Waals surface area (Å²) >= 11 is 0. The molecule has 0 radical (unpaired) electrons. The second-order valence-electron chi connectivity index (χ2n) is 6.46. The molecule has 6 heteroatoms. The maximum Gasteiger partial charge on any atom is 0.222 e. The fourth-order valence-electron chi connectivity index (χ4n) is 3.54. The summed E-state index contributed by atoms with van der Waals surface area (Å²) in [6.45, 7) is 6.66. The molecule has 0 spiro atoms. The van der Waals surface area contributed by atoms with Crippen molar-refractivity contribution in [2.75, 3.05) is 44.7 Å². The molecule has 2 aliphatic rings. The first kappa shape index (κ1) is 15.2. The summed E-state index contributed by atoms with van der Waals surface area (Å²) in [4.78, 5) is 22.0. The van der Waals surface area contributed by atoms with Crippen LogP contribution in [0.1, 0.15) is 13.3 Å². The molecule has 1 aromatic rings. The molecule has 1 aromatic heterocycles. The lowest BCUT2D eigenvalue weighted by molar-refractivity contribution is -0.126. The van der Waals surface area contributed by atoms with Gasteiger partial charge in [-0.25, -0.2) is 4.98 Å². The van der Waals surface area contributed by atoms with Crippen LogP contribution in [-0.2, 0) is 4.79 Å². The summed E-state index contributed by atoms with van der Waals surface area (Å²) in [5.41, 5.74) is 0. The predicted octanol–water partition coefficient (Wildman–Crippen LogP) is 1.21. The van der Waals surface area contributed by atoms with Gasteiger partial charge in [0.25, 0.3) is 0 Å². The second kappa shape index (κ2) is 6.20. The smallest absolute Gasteiger partial charge is 0.222 e. The third kappa shape index (κ3) is 3.21. The first-order valence-corrected chi connectivity index (χ1v) is 7.88. The van der Waals surface area contributed by atoms with Crippen molar-refractivity contribution in [1.82, 2.24) is 14.8 Å². The van der Waals surface area contributed by atoms with Crippen LogP contribution in [0, 0.1) is 11.9 Å². The minimum Gasteiger partial charge on any atom is -0.351 e. The Balaban J connectivity index is 1.57. The Bertz CT molecular complexity index is 553. The molecule has 0 N–H and O–H groups in total. The first-order chi connectivity index (χ1) is 10.5. The predicted molar refractivity (Wildman–Crippen MR) is 83.2 cm³/mol. The molecule has 0 saturated carbocycles. The van der Waals surface area contributed by atoms with E-state index in [4.69, 9.17) is 0 Å². The Morgan fingerprint density at radius 2 is 2.14 bits per heavy atom. The topological polar surface area (TPSA) is 39.7 Å². The maximum absolute atomic E-state index is 13.3. The molecule has 120 valence electrons. The lowest BCUT2D eigenvalue weighted by atomic mass is 10.1. The van der Waals surface area contributed by atoms with E-state index in [1.54, 1.807) is 6.07 Å². The average Bonchev–Trinajstić information content (AvgIpc) is 2.77. The highest BCUT2D eigenvalue weighted by atomic mass is 19.1. The summed E-state index contributed by atoms with van der Waals surface area (Å²) in [6, 6.07) is 5.23. The highest BCUT2D eigenvalue weighted by Gasteiger charge is 2.31. The molecule has 2 unspecified atom stereocenters. The fraction of sp³-hybridized carbons (Fsp3) is 0.625. The van der Waals surface area contributed by atoms with E-state index in [9.17, 15) is 9.18 Å². The zero-order valence-corrected chi connectivity index (χ0v) is 13.2. The number of likely N-dealkylation sites (tertiary alicyclic amines) is 1. The number of anilines is 1. The van der Waals surface area contributed by atoms with Crippen LogP contribution in [0.15, 0.2) is 18.2 Å². The molecule has 3 heterocycles. The summed E-state index contributed by atoms with van der Waals surface area (Å²) in [5, 5.41) is 0. The lowest BCUT2D eigenvalue weighted by Gasteiger charge is -2.41. The van der Waals surface area contributed by atoms with Crippen molar-refractivity contribution in [2.45, 2.75) is 19.4 Å². The molecular formula is C16H23FN4O. The van der Waals surface area contributed by atoms with E-state index in [2.05, 4.69) is 21.7 Å². The Hall–Kier alpha value is -1.69. The zero-order valence-electron chi connectivity index (χ0n) is 13.2. The van der Waals surface area contributed by atoms with Crippen LogP contribution in [0.4, 0.5) is 10.2 Å². The molecular weight excluding hydrogens is 283 g/mol. The van der Waals surface area contributed by atoms with Gasteiger partial charge in [-0.1, -0.05) is 6.07 Å². The molecule has 2 fully saturated rings. The molecule has 0 bridgehead atoms. The number of amides is 1. The van der Waals surface area contributed by atoms with E-state index in [1.165, 1.54) is 6.07 Å². The van der Waals surface area contributed by atoms with E-state index in [0.717, 1.165) is 32.7 Å². The van der Waals surface area contributed by atoms with Gasteiger partial charge in [0, 0.05) is 52.2 Å². The van der Waals surface area contributed by atoms with E-state index in [0.29, 0.717) is 18.2 Å². The van der Waals surface area contributed by atoms with Crippen LogP contribution in [0.3, 0.4) is 0 Å². The molecule has 0 aromatic carbocycles. The number of nitrogens with zero attached hydrogens (tertiary/aromatic N) is 4. The fourth-order valence-corrected chi connectivity index (χ4v) is 3.54. The summed E-state index contributed by atoms with van der Waals surface area (Å²) in [5.74, 6) is 0.965. The van der Waals surface area contributed by atoms with Crippen LogP contribution >= 0.6 is 0 Å². The Morgan fingerprint density at radius 3 is 2.77 bits per heavy atom. The first-order valence-electron chi connectivity index (χ1n) is 7.88. The van der Waals surface area contributed by atoms with Gasteiger partial charge in [0.2, 0.25) is 11.9 Å². The van der Waals surface area contributed by atoms with Gasteiger partial charge >= 0.3 is 0 Å². The largest absolute Gasteiger partial charge is 0.351 e. The van der Waals surface area contributed by atoms with Gasteiger partial charge in [-0.2, -0.15) is 4.39 Å². The normalized spacial score (nSPS) is 26.8. The van der Waals surface area contributed by atoms with Crippen molar-refractivity contribution in [3.05, 3.63) is 24.1 Å². The van der Waals surface area contributed by atoms with Crippen LogP contribution in [0.2, 0.25) is 0 Å². The van der Waals surface area contributed by atoms with Crippen LogP contribution in [0.25, 0.3) is 0 Å². The molecule has 2 saturated heterocycles. The third-order valence-electron chi connectivity index (χ3n) is 4.64. The third-order valence-corrected chi connectivity index (χ3v) is 4.64. The number of rotatable bonds is 3. The highest BCUT2D eigenvalue weighted by Crippen LogP contribution is 2.22. The van der Waals surface area contributed by atoms with Crippen LogP contribution in [0.5, 0.6) is 0 Å².